The van der Waals surface area contributed by atoms with Gasteiger partial charge in [0.15, 0.2) is 0 Å². The second kappa shape index (κ2) is 7.39. The predicted octanol–water partition coefficient (Wildman–Crippen LogP) is 2.51. The van der Waals surface area contributed by atoms with Gasteiger partial charge in [-0.15, -0.1) is 0 Å². The minimum atomic E-state index is -3.16. The highest BCUT2D eigenvalue weighted by molar-refractivity contribution is 7.89. The van der Waals surface area contributed by atoms with Crippen molar-refractivity contribution < 1.29 is 12.8 Å². The Hall–Kier alpha value is -1.51. The molecule has 138 valence electrons. The lowest BCUT2D eigenvalue weighted by atomic mass is 10.0. The molecule has 2 aromatic rings. The molecular weight excluding hydrogens is 343 g/mol. The van der Waals surface area contributed by atoms with Gasteiger partial charge in [-0.3, -0.25) is 4.90 Å². The van der Waals surface area contributed by atoms with Crippen molar-refractivity contribution in [2.45, 2.75) is 31.7 Å². The summed E-state index contributed by atoms with van der Waals surface area (Å²) >= 11 is 0. The van der Waals surface area contributed by atoms with E-state index in [-0.39, 0.29) is 17.6 Å². The smallest absolute Gasteiger partial charge is 0.213 e. The third-order valence-corrected chi connectivity index (χ3v) is 6.71. The summed E-state index contributed by atoms with van der Waals surface area (Å²) in [6.45, 7) is 1.64. The van der Waals surface area contributed by atoms with Gasteiger partial charge < -0.3 is 4.98 Å². The van der Waals surface area contributed by atoms with Crippen LogP contribution in [0.2, 0.25) is 0 Å². The van der Waals surface area contributed by atoms with E-state index >= 15 is 0 Å². The molecule has 6 nitrogen and oxygen atoms in total. The number of hydrogen-bond acceptors (Lipinski definition) is 4. The number of nitrogens with one attached hydrogen (secondary N) is 1. The zero-order valence-corrected chi connectivity index (χ0v) is 15.5. The molecule has 2 heterocycles. The molecule has 1 aliphatic rings. The van der Waals surface area contributed by atoms with Gasteiger partial charge in [-0.1, -0.05) is 6.42 Å². The average Bonchev–Trinajstić information content (AvgIpc) is 2.98. The van der Waals surface area contributed by atoms with Gasteiger partial charge in [0.05, 0.1) is 22.8 Å². The number of fused-ring (bicyclic) bond motifs is 1. The van der Waals surface area contributed by atoms with E-state index in [0.29, 0.717) is 18.5 Å². The molecule has 3 rings (SSSR count). The Bertz CT molecular complexity index is 834. The van der Waals surface area contributed by atoms with E-state index in [0.717, 1.165) is 37.1 Å². The van der Waals surface area contributed by atoms with Gasteiger partial charge in [-0.05, 0) is 50.6 Å². The number of rotatable bonds is 6. The number of likely N-dealkylation sites (tertiary alicyclic amines) is 1. The maximum Gasteiger partial charge on any atom is 0.213 e. The zero-order chi connectivity index (χ0) is 18.0. The maximum atomic E-state index is 13.4. The Morgan fingerprint density at radius 3 is 2.92 bits per heavy atom. The number of nitrogens with zero attached hydrogens (tertiary/aromatic N) is 3. The number of halogens is 1. The van der Waals surface area contributed by atoms with Gasteiger partial charge in [0.1, 0.15) is 11.6 Å². The number of benzene rings is 1. The van der Waals surface area contributed by atoms with E-state index in [2.05, 4.69) is 14.9 Å². The average molecular weight is 368 g/mol. The van der Waals surface area contributed by atoms with Crippen LogP contribution in [0.25, 0.3) is 11.0 Å². The number of aromatic amines is 1. The van der Waals surface area contributed by atoms with Crippen molar-refractivity contribution in [2.75, 3.05) is 32.9 Å². The molecule has 0 spiro atoms. The Kier molecular flexibility index (Phi) is 5.41. The van der Waals surface area contributed by atoms with Crippen molar-refractivity contribution in [1.82, 2.24) is 19.2 Å². The van der Waals surface area contributed by atoms with Crippen LogP contribution in [0.15, 0.2) is 18.2 Å². The van der Waals surface area contributed by atoms with Gasteiger partial charge in [0, 0.05) is 14.1 Å². The van der Waals surface area contributed by atoms with Crippen LogP contribution in [0, 0.1) is 5.82 Å². The third kappa shape index (κ3) is 4.19. The molecule has 1 aromatic carbocycles. The number of hydrogen-bond donors (Lipinski definition) is 1. The lowest BCUT2D eigenvalue weighted by Crippen LogP contribution is -2.36. The molecule has 1 saturated heterocycles. The molecule has 25 heavy (non-hydrogen) atoms. The van der Waals surface area contributed by atoms with Crippen LogP contribution in [0.1, 0.15) is 37.5 Å². The minimum Gasteiger partial charge on any atom is -0.341 e. The first kappa shape index (κ1) is 18.3. The van der Waals surface area contributed by atoms with E-state index in [1.165, 1.54) is 16.4 Å². The molecule has 1 aromatic heterocycles. The van der Waals surface area contributed by atoms with E-state index in [1.807, 2.05) is 0 Å². The highest BCUT2D eigenvalue weighted by atomic mass is 32.2. The van der Waals surface area contributed by atoms with E-state index < -0.39 is 10.0 Å². The molecule has 0 saturated carbocycles. The van der Waals surface area contributed by atoms with Gasteiger partial charge in [0.25, 0.3) is 0 Å². The standard InChI is InChI=1S/C17H25FN4O2S/c1-21(2)25(23,24)11-5-10-22-9-4-3-6-16(22)17-19-14-8-7-13(18)12-15(14)20-17/h7-8,12,16H,3-6,9-11H2,1-2H3,(H,19,20)/t16-/m0/s1. The van der Waals surface area contributed by atoms with Gasteiger partial charge in [0.2, 0.25) is 10.0 Å². The lowest BCUT2D eigenvalue weighted by Gasteiger charge is -2.34. The Morgan fingerprint density at radius 1 is 1.36 bits per heavy atom. The largest absolute Gasteiger partial charge is 0.341 e. The second-order valence-electron chi connectivity index (χ2n) is 6.78. The van der Waals surface area contributed by atoms with Gasteiger partial charge >= 0.3 is 0 Å². The number of aromatic nitrogens is 2. The summed E-state index contributed by atoms with van der Waals surface area (Å²) in [7, 11) is -0.0407. The number of imidazole rings is 1. The Morgan fingerprint density at radius 2 is 2.16 bits per heavy atom. The van der Waals surface area contributed by atoms with Crippen molar-refractivity contribution in [3.8, 4) is 0 Å². The highest BCUT2D eigenvalue weighted by Gasteiger charge is 2.27. The van der Waals surface area contributed by atoms with Gasteiger partial charge in [-0.25, -0.2) is 22.1 Å². The minimum absolute atomic E-state index is 0.131. The fourth-order valence-electron chi connectivity index (χ4n) is 3.36. The fraction of sp³-hybridized carbons (Fsp3) is 0.588. The third-order valence-electron chi connectivity index (χ3n) is 4.80. The molecule has 1 aliphatic heterocycles. The summed E-state index contributed by atoms with van der Waals surface area (Å²) in [5, 5.41) is 0. The molecule has 1 atom stereocenters. The number of H-pyrrole nitrogens is 1. The number of sulfonamides is 1. The van der Waals surface area contributed by atoms with E-state index in [9.17, 15) is 12.8 Å². The first-order valence-corrected chi connectivity index (χ1v) is 10.3. The van der Waals surface area contributed by atoms with Crippen LogP contribution < -0.4 is 0 Å². The summed E-state index contributed by atoms with van der Waals surface area (Å²) in [4.78, 5) is 10.2. The molecule has 0 radical (unpaired) electrons. The van der Waals surface area contributed by atoms with Crippen molar-refractivity contribution in [3.05, 3.63) is 29.8 Å². The molecule has 1 N–H and O–H groups in total. The van der Waals surface area contributed by atoms with E-state index in [4.69, 9.17) is 0 Å². The molecule has 0 amide bonds. The van der Waals surface area contributed by atoms with Crippen LogP contribution in [-0.2, 0) is 10.0 Å². The van der Waals surface area contributed by atoms with Crippen molar-refractivity contribution in [3.63, 3.8) is 0 Å². The second-order valence-corrected chi connectivity index (χ2v) is 9.09. The normalized spacial score (nSPS) is 19.8. The summed E-state index contributed by atoms with van der Waals surface area (Å²) < 4.78 is 38.5. The molecular formula is C17H25FN4O2S. The molecule has 0 bridgehead atoms. The monoisotopic (exact) mass is 368 g/mol. The van der Waals surface area contributed by atoms with Crippen LogP contribution in [0.3, 0.4) is 0 Å². The summed E-state index contributed by atoms with van der Waals surface area (Å²) in [6.07, 6.45) is 3.78. The molecule has 1 fully saturated rings. The summed E-state index contributed by atoms with van der Waals surface area (Å²) in [6, 6.07) is 4.69. The topological polar surface area (TPSA) is 69.3 Å². The van der Waals surface area contributed by atoms with Gasteiger partial charge in [-0.2, -0.15) is 0 Å². The fourth-order valence-corrected chi connectivity index (χ4v) is 4.22. The Balaban J connectivity index is 1.71. The Labute approximate surface area is 148 Å². The van der Waals surface area contributed by atoms with Crippen LogP contribution >= 0.6 is 0 Å². The van der Waals surface area contributed by atoms with E-state index in [1.54, 1.807) is 20.2 Å². The summed E-state index contributed by atoms with van der Waals surface area (Å²) in [5.41, 5.74) is 1.47. The van der Waals surface area contributed by atoms with Crippen molar-refractivity contribution >= 4 is 21.1 Å². The van der Waals surface area contributed by atoms with Crippen LogP contribution in [0.5, 0.6) is 0 Å². The number of piperidine rings is 1. The zero-order valence-electron chi connectivity index (χ0n) is 14.7. The maximum absolute atomic E-state index is 13.4. The first-order chi connectivity index (χ1) is 11.9. The van der Waals surface area contributed by atoms with Crippen LogP contribution in [0.4, 0.5) is 4.39 Å². The molecule has 0 unspecified atom stereocenters. The van der Waals surface area contributed by atoms with Crippen molar-refractivity contribution in [2.24, 2.45) is 0 Å². The molecule has 0 aliphatic carbocycles. The molecule has 8 heteroatoms. The van der Waals surface area contributed by atoms with Crippen molar-refractivity contribution in [1.29, 1.82) is 0 Å². The highest BCUT2D eigenvalue weighted by Crippen LogP contribution is 2.30. The first-order valence-electron chi connectivity index (χ1n) is 8.66. The predicted molar refractivity (Wildman–Crippen MR) is 96.3 cm³/mol. The SMILES string of the molecule is CN(C)S(=O)(=O)CCCN1CCCC[C@H]1c1nc2ccc(F)cc2[nH]1. The van der Waals surface area contributed by atoms with Crippen LogP contribution in [-0.4, -0.2) is 60.5 Å². The lowest BCUT2D eigenvalue weighted by molar-refractivity contribution is 0.143. The quantitative estimate of drug-likeness (QED) is 0.851. The summed E-state index contributed by atoms with van der Waals surface area (Å²) in [5.74, 6) is 0.710.